The van der Waals surface area contributed by atoms with Gasteiger partial charge in [0.05, 0.1) is 29.6 Å². The van der Waals surface area contributed by atoms with Gasteiger partial charge in [-0.15, -0.1) is 0 Å². The Hall–Kier alpha value is -1.75. The molecule has 17 heavy (non-hydrogen) atoms. The third-order valence-corrected chi connectivity index (χ3v) is 3.17. The van der Waals surface area contributed by atoms with Crippen LogP contribution < -0.4 is 10.6 Å². The third-order valence-electron chi connectivity index (χ3n) is 3.17. The topological polar surface area (TPSA) is 86.8 Å². The number of aliphatic hydroxyl groups is 1. The number of aliphatic hydroxyl groups excluding tert-OH is 1. The van der Waals surface area contributed by atoms with Gasteiger partial charge in [0.25, 0.3) is 0 Å². The van der Waals surface area contributed by atoms with E-state index in [4.69, 9.17) is 10.8 Å². The number of benzene rings is 1. The van der Waals surface area contributed by atoms with Gasteiger partial charge in [0.15, 0.2) is 0 Å². The number of aromatic carboxylic acids is 1. The molecule has 0 radical (unpaired) electrons. The summed E-state index contributed by atoms with van der Waals surface area (Å²) in [5.74, 6) is -0.990. The average Bonchev–Trinajstić information content (AvgIpc) is 2.76. The van der Waals surface area contributed by atoms with Gasteiger partial charge >= 0.3 is 5.97 Å². The fourth-order valence-corrected chi connectivity index (χ4v) is 2.37. The second-order valence-corrected chi connectivity index (χ2v) is 4.22. The van der Waals surface area contributed by atoms with Crippen molar-refractivity contribution in [1.82, 2.24) is 0 Å². The molecule has 1 heterocycles. The van der Waals surface area contributed by atoms with Gasteiger partial charge in [-0.1, -0.05) is 6.07 Å². The van der Waals surface area contributed by atoms with E-state index in [1.165, 1.54) is 0 Å². The van der Waals surface area contributed by atoms with Crippen molar-refractivity contribution < 1.29 is 15.0 Å². The maximum Gasteiger partial charge on any atom is 0.337 e. The lowest BCUT2D eigenvalue weighted by Crippen LogP contribution is -2.33. The van der Waals surface area contributed by atoms with Gasteiger partial charge in [-0.2, -0.15) is 0 Å². The molecule has 92 valence electrons. The molecule has 0 spiro atoms. The van der Waals surface area contributed by atoms with Gasteiger partial charge in [0, 0.05) is 6.54 Å². The van der Waals surface area contributed by atoms with Crippen molar-refractivity contribution in [3.63, 3.8) is 0 Å². The van der Waals surface area contributed by atoms with Crippen LogP contribution in [0.1, 0.15) is 23.2 Å². The number of nitrogens with two attached hydrogens (primary N) is 1. The van der Waals surface area contributed by atoms with Crippen molar-refractivity contribution in [1.29, 1.82) is 0 Å². The molecule has 1 unspecified atom stereocenters. The first-order valence-corrected chi connectivity index (χ1v) is 5.64. The smallest absolute Gasteiger partial charge is 0.337 e. The van der Waals surface area contributed by atoms with Crippen molar-refractivity contribution in [2.45, 2.75) is 18.9 Å². The number of carbonyl (C=O) groups is 1. The van der Waals surface area contributed by atoms with Gasteiger partial charge in [0.2, 0.25) is 0 Å². The van der Waals surface area contributed by atoms with E-state index in [-0.39, 0.29) is 18.2 Å². The Morgan fingerprint density at radius 1 is 1.53 bits per heavy atom. The van der Waals surface area contributed by atoms with Gasteiger partial charge in [-0.3, -0.25) is 0 Å². The third kappa shape index (κ3) is 2.06. The highest BCUT2D eigenvalue weighted by molar-refractivity contribution is 5.98. The number of hydrogen-bond acceptors (Lipinski definition) is 4. The lowest BCUT2D eigenvalue weighted by atomic mass is 10.1. The quantitative estimate of drug-likeness (QED) is 0.679. The monoisotopic (exact) mass is 236 g/mol. The molecule has 1 aromatic rings. The lowest BCUT2D eigenvalue weighted by molar-refractivity contribution is 0.0697. The predicted molar refractivity (Wildman–Crippen MR) is 65.3 cm³/mol. The lowest BCUT2D eigenvalue weighted by Gasteiger charge is -2.27. The number of carboxylic acids is 1. The fraction of sp³-hybridized carbons (Fsp3) is 0.417. The van der Waals surface area contributed by atoms with Crippen LogP contribution in [0.5, 0.6) is 0 Å². The zero-order valence-corrected chi connectivity index (χ0v) is 9.47. The summed E-state index contributed by atoms with van der Waals surface area (Å²) < 4.78 is 0. The summed E-state index contributed by atoms with van der Waals surface area (Å²) in [6.07, 6.45) is 1.81. The molecule has 0 amide bonds. The molecule has 4 N–H and O–H groups in total. The van der Waals surface area contributed by atoms with E-state index in [2.05, 4.69) is 0 Å². The van der Waals surface area contributed by atoms with E-state index >= 15 is 0 Å². The van der Waals surface area contributed by atoms with E-state index in [1.54, 1.807) is 18.2 Å². The number of nitrogen functional groups attached to an aromatic ring is 1. The number of nitrogens with zero attached hydrogens (tertiary/aromatic N) is 1. The van der Waals surface area contributed by atoms with Crippen LogP contribution in [0.15, 0.2) is 18.2 Å². The Morgan fingerprint density at radius 3 is 2.94 bits per heavy atom. The highest BCUT2D eigenvalue weighted by Gasteiger charge is 2.28. The van der Waals surface area contributed by atoms with E-state index in [9.17, 15) is 9.90 Å². The Kier molecular flexibility index (Phi) is 3.19. The Labute approximate surface area is 99.5 Å². The van der Waals surface area contributed by atoms with Crippen LogP contribution in [-0.4, -0.2) is 35.4 Å². The summed E-state index contributed by atoms with van der Waals surface area (Å²) in [7, 11) is 0. The van der Waals surface area contributed by atoms with Crippen LogP contribution in [0.25, 0.3) is 0 Å². The molecule has 0 aromatic heterocycles. The van der Waals surface area contributed by atoms with Crippen LogP contribution in [0, 0.1) is 0 Å². The van der Waals surface area contributed by atoms with Crippen LogP contribution >= 0.6 is 0 Å². The Balaban J connectivity index is 2.46. The molecule has 5 nitrogen and oxygen atoms in total. The number of hydrogen-bond donors (Lipinski definition) is 3. The maximum atomic E-state index is 11.2. The van der Waals surface area contributed by atoms with Gasteiger partial charge < -0.3 is 20.8 Å². The minimum Gasteiger partial charge on any atom is -0.478 e. The SMILES string of the molecule is Nc1cccc(C(=O)O)c1N1CCCC1CO. The van der Waals surface area contributed by atoms with Crippen molar-refractivity contribution in [3.05, 3.63) is 23.8 Å². The molecule has 1 aliphatic heterocycles. The molecular weight excluding hydrogens is 220 g/mol. The molecular formula is C12H16N2O3. The summed E-state index contributed by atoms with van der Waals surface area (Å²) in [5, 5.41) is 18.5. The van der Waals surface area contributed by atoms with Crippen LogP contribution in [0.2, 0.25) is 0 Å². The zero-order chi connectivity index (χ0) is 12.4. The molecule has 1 aliphatic rings. The molecule has 1 fully saturated rings. The summed E-state index contributed by atoms with van der Waals surface area (Å²) in [5.41, 5.74) is 7.06. The molecule has 0 bridgehead atoms. The first kappa shape index (κ1) is 11.7. The minimum atomic E-state index is -0.990. The molecule has 5 heteroatoms. The van der Waals surface area contributed by atoms with E-state index < -0.39 is 5.97 Å². The summed E-state index contributed by atoms with van der Waals surface area (Å²) >= 11 is 0. The number of anilines is 2. The zero-order valence-electron chi connectivity index (χ0n) is 9.47. The summed E-state index contributed by atoms with van der Waals surface area (Å²) in [6, 6.07) is 4.83. The molecule has 2 rings (SSSR count). The van der Waals surface area contributed by atoms with Crippen LogP contribution in [-0.2, 0) is 0 Å². The molecule has 1 aromatic carbocycles. The molecule has 0 aliphatic carbocycles. The van der Waals surface area contributed by atoms with Crippen molar-refractivity contribution >= 4 is 17.3 Å². The van der Waals surface area contributed by atoms with Crippen molar-refractivity contribution in [2.24, 2.45) is 0 Å². The molecule has 1 atom stereocenters. The van der Waals surface area contributed by atoms with Crippen molar-refractivity contribution in [2.75, 3.05) is 23.8 Å². The van der Waals surface area contributed by atoms with Gasteiger partial charge in [-0.25, -0.2) is 4.79 Å². The minimum absolute atomic E-state index is 0.0212. The van der Waals surface area contributed by atoms with Crippen LogP contribution in [0.3, 0.4) is 0 Å². The average molecular weight is 236 g/mol. The highest BCUT2D eigenvalue weighted by atomic mass is 16.4. The fourth-order valence-electron chi connectivity index (χ4n) is 2.37. The maximum absolute atomic E-state index is 11.2. The highest BCUT2D eigenvalue weighted by Crippen LogP contribution is 2.33. The Morgan fingerprint density at radius 2 is 2.29 bits per heavy atom. The number of rotatable bonds is 3. The first-order chi connectivity index (χ1) is 8.15. The van der Waals surface area contributed by atoms with Crippen molar-refractivity contribution in [3.8, 4) is 0 Å². The van der Waals surface area contributed by atoms with E-state index in [1.807, 2.05) is 4.90 Å². The summed E-state index contributed by atoms with van der Waals surface area (Å²) in [4.78, 5) is 13.1. The molecule has 0 saturated carbocycles. The second kappa shape index (κ2) is 4.63. The van der Waals surface area contributed by atoms with Gasteiger partial charge in [-0.05, 0) is 25.0 Å². The first-order valence-electron chi connectivity index (χ1n) is 5.64. The largest absolute Gasteiger partial charge is 0.478 e. The van der Waals surface area contributed by atoms with Crippen LogP contribution in [0.4, 0.5) is 11.4 Å². The Bertz CT molecular complexity index is 434. The van der Waals surface area contributed by atoms with E-state index in [0.29, 0.717) is 11.4 Å². The standard InChI is InChI=1S/C12H16N2O3/c13-10-5-1-4-9(12(16)17)11(10)14-6-2-3-8(14)7-15/h1,4-5,8,15H,2-3,6-7,13H2,(H,16,17). The second-order valence-electron chi connectivity index (χ2n) is 4.22. The van der Waals surface area contributed by atoms with Gasteiger partial charge in [0.1, 0.15) is 0 Å². The normalized spacial score (nSPS) is 19.6. The molecule has 1 saturated heterocycles. The summed E-state index contributed by atoms with van der Waals surface area (Å²) in [6.45, 7) is 0.757. The number of para-hydroxylation sites is 1. The van der Waals surface area contributed by atoms with E-state index in [0.717, 1.165) is 19.4 Å². The predicted octanol–water partition coefficient (Wildman–Crippen LogP) is 0.928. The number of carboxylic acid groups (broad SMARTS) is 1.